The summed E-state index contributed by atoms with van der Waals surface area (Å²) < 4.78 is 35.0. The number of fused-ring (bicyclic) bond motifs is 1. The molecule has 27 heavy (non-hydrogen) atoms. The van der Waals surface area contributed by atoms with Gasteiger partial charge >= 0.3 is 0 Å². The SMILES string of the molecule is CCc1cc(C2OC(OC)[C@@H](OC)[C@H](OC)[C@H]2OC)c2c(c1C)OCC2.[B]. The molecule has 1 fully saturated rings. The van der Waals surface area contributed by atoms with Crippen molar-refractivity contribution in [3.63, 3.8) is 0 Å². The Labute approximate surface area is 164 Å². The molecule has 5 atom stereocenters. The summed E-state index contributed by atoms with van der Waals surface area (Å²) in [5.41, 5.74) is 4.78. The molecule has 1 aromatic rings. The van der Waals surface area contributed by atoms with E-state index in [0.717, 1.165) is 24.2 Å². The van der Waals surface area contributed by atoms with Gasteiger partial charge in [-0.1, -0.05) is 13.0 Å². The highest BCUT2D eigenvalue weighted by molar-refractivity contribution is 5.75. The van der Waals surface area contributed by atoms with Crippen LogP contribution in [0, 0.1) is 6.92 Å². The molecular weight excluding hydrogens is 347 g/mol. The van der Waals surface area contributed by atoms with Gasteiger partial charge in [-0.15, -0.1) is 0 Å². The van der Waals surface area contributed by atoms with Crippen molar-refractivity contribution >= 4 is 8.41 Å². The van der Waals surface area contributed by atoms with Gasteiger partial charge in [0.15, 0.2) is 6.29 Å². The standard InChI is InChI=1S/C20H30O6.B/c1-7-12-10-14(13-8-9-25-15(13)11(12)2)16-17(21-3)18(22-4)19(23-5)20(24-6)26-16;/h10,16-20H,7-9H2,1-6H3;/t16?,17-,18+,19-,20?;/m0./s1. The number of hydrogen-bond acceptors (Lipinski definition) is 6. The average molecular weight is 377 g/mol. The van der Waals surface area contributed by atoms with Gasteiger partial charge < -0.3 is 28.4 Å². The van der Waals surface area contributed by atoms with E-state index in [1.165, 1.54) is 16.7 Å². The summed E-state index contributed by atoms with van der Waals surface area (Å²) in [6.07, 6.45) is -0.0389. The Hall–Kier alpha value is -1.12. The van der Waals surface area contributed by atoms with Gasteiger partial charge in [0.25, 0.3) is 0 Å². The zero-order chi connectivity index (χ0) is 18.8. The second-order valence-corrected chi connectivity index (χ2v) is 6.77. The van der Waals surface area contributed by atoms with Crippen LogP contribution in [-0.2, 0) is 36.5 Å². The number of aryl methyl sites for hydroxylation is 1. The smallest absolute Gasteiger partial charge is 0.186 e. The number of rotatable bonds is 6. The van der Waals surface area contributed by atoms with Crippen LogP contribution in [0.4, 0.5) is 0 Å². The van der Waals surface area contributed by atoms with E-state index in [2.05, 4.69) is 19.9 Å². The van der Waals surface area contributed by atoms with E-state index in [1.807, 2.05) is 0 Å². The fraction of sp³-hybridized carbons (Fsp3) is 0.700. The van der Waals surface area contributed by atoms with Gasteiger partial charge in [0, 0.05) is 48.8 Å². The molecule has 2 unspecified atom stereocenters. The highest BCUT2D eigenvalue weighted by Crippen LogP contribution is 2.43. The summed E-state index contributed by atoms with van der Waals surface area (Å²) in [6.45, 7) is 4.97. The molecule has 0 N–H and O–H groups in total. The van der Waals surface area contributed by atoms with Gasteiger partial charge in [-0.2, -0.15) is 0 Å². The maximum atomic E-state index is 6.32. The predicted molar refractivity (Wildman–Crippen MR) is 103 cm³/mol. The fourth-order valence-corrected chi connectivity index (χ4v) is 4.24. The Balaban J connectivity index is 0.00000261. The second kappa shape index (κ2) is 9.39. The molecule has 7 heteroatoms. The minimum absolute atomic E-state index is 0. The molecule has 0 bridgehead atoms. The van der Waals surface area contributed by atoms with Gasteiger partial charge in [-0.25, -0.2) is 0 Å². The molecule has 149 valence electrons. The van der Waals surface area contributed by atoms with Crippen LogP contribution in [0.1, 0.15) is 35.3 Å². The molecule has 6 nitrogen and oxygen atoms in total. The van der Waals surface area contributed by atoms with Crippen LogP contribution in [0.3, 0.4) is 0 Å². The highest BCUT2D eigenvalue weighted by Gasteiger charge is 2.48. The first-order chi connectivity index (χ1) is 12.6. The lowest BCUT2D eigenvalue weighted by atomic mass is 9.87. The first-order valence-corrected chi connectivity index (χ1v) is 9.15. The lowest BCUT2D eigenvalue weighted by Crippen LogP contribution is -2.57. The molecule has 1 aromatic carbocycles. The topological polar surface area (TPSA) is 55.4 Å². The first-order valence-electron chi connectivity index (χ1n) is 9.15. The highest BCUT2D eigenvalue weighted by atomic mass is 16.7. The summed E-state index contributed by atoms with van der Waals surface area (Å²) in [6, 6.07) is 2.23. The van der Waals surface area contributed by atoms with E-state index in [1.54, 1.807) is 28.4 Å². The van der Waals surface area contributed by atoms with Gasteiger partial charge in [-0.3, -0.25) is 0 Å². The first kappa shape index (κ1) is 22.2. The minimum Gasteiger partial charge on any atom is -0.493 e. The van der Waals surface area contributed by atoms with Gasteiger partial charge in [0.2, 0.25) is 0 Å². The Morgan fingerprint density at radius 3 is 2.22 bits per heavy atom. The molecule has 2 aliphatic heterocycles. The van der Waals surface area contributed by atoms with Crippen molar-refractivity contribution in [2.75, 3.05) is 35.0 Å². The molecular formula is C20H30BO6. The summed E-state index contributed by atoms with van der Waals surface area (Å²) in [4.78, 5) is 0. The molecule has 0 spiro atoms. The summed E-state index contributed by atoms with van der Waals surface area (Å²) in [5.74, 6) is 0.995. The van der Waals surface area contributed by atoms with Crippen molar-refractivity contribution in [1.82, 2.24) is 0 Å². The van der Waals surface area contributed by atoms with Crippen LogP contribution in [-0.4, -0.2) is 68.1 Å². The van der Waals surface area contributed by atoms with Crippen molar-refractivity contribution in [2.45, 2.75) is 57.4 Å². The van der Waals surface area contributed by atoms with E-state index in [0.29, 0.717) is 6.61 Å². The molecule has 0 aliphatic carbocycles. The Morgan fingerprint density at radius 2 is 1.67 bits per heavy atom. The van der Waals surface area contributed by atoms with Crippen LogP contribution in [0.5, 0.6) is 5.75 Å². The second-order valence-electron chi connectivity index (χ2n) is 6.77. The quantitative estimate of drug-likeness (QED) is 0.709. The van der Waals surface area contributed by atoms with Gasteiger partial charge in [0.1, 0.15) is 30.2 Å². The maximum Gasteiger partial charge on any atom is 0.186 e. The Kier molecular flexibility index (Phi) is 7.71. The van der Waals surface area contributed by atoms with Crippen LogP contribution >= 0.6 is 0 Å². The van der Waals surface area contributed by atoms with E-state index in [-0.39, 0.29) is 32.8 Å². The number of hydrogen-bond donors (Lipinski definition) is 0. The van der Waals surface area contributed by atoms with Crippen molar-refractivity contribution in [3.8, 4) is 5.75 Å². The number of ether oxygens (including phenoxy) is 6. The predicted octanol–water partition coefficient (Wildman–Crippen LogP) is 2.20. The van der Waals surface area contributed by atoms with E-state index in [4.69, 9.17) is 28.4 Å². The van der Waals surface area contributed by atoms with Crippen molar-refractivity contribution in [1.29, 1.82) is 0 Å². The van der Waals surface area contributed by atoms with Crippen molar-refractivity contribution in [3.05, 3.63) is 28.3 Å². The third-order valence-electron chi connectivity index (χ3n) is 5.60. The van der Waals surface area contributed by atoms with Gasteiger partial charge in [0.05, 0.1) is 6.61 Å². The maximum absolute atomic E-state index is 6.32. The van der Waals surface area contributed by atoms with E-state index >= 15 is 0 Å². The molecule has 1 saturated heterocycles. The Morgan fingerprint density at radius 1 is 1.00 bits per heavy atom. The summed E-state index contributed by atoms with van der Waals surface area (Å²) in [7, 11) is 6.59. The lowest BCUT2D eigenvalue weighted by molar-refractivity contribution is -0.305. The van der Waals surface area contributed by atoms with Crippen LogP contribution < -0.4 is 4.74 Å². The number of methoxy groups -OCH3 is 4. The monoisotopic (exact) mass is 377 g/mol. The van der Waals surface area contributed by atoms with Crippen molar-refractivity contribution < 1.29 is 28.4 Å². The third-order valence-corrected chi connectivity index (χ3v) is 5.60. The Bertz CT molecular complexity index is 637. The zero-order valence-electron chi connectivity index (χ0n) is 17.1. The zero-order valence-corrected chi connectivity index (χ0v) is 17.1. The lowest BCUT2D eigenvalue weighted by Gasteiger charge is -2.44. The van der Waals surface area contributed by atoms with Crippen LogP contribution in [0.15, 0.2) is 6.07 Å². The summed E-state index contributed by atoms with van der Waals surface area (Å²) >= 11 is 0. The number of benzene rings is 1. The largest absolute Gasteiger partial charge is 0.493 e. The molecule has 3 rings (SSSR count). The molecule has 0 saturated carbocycles. The molecule has 0 aromatic heterocycles. The fourth-order valence-electron chi connectivity index (χ4n) is 4.24. The van der Waals surface area contributed by atoms with Crippen LogP contribution in [0.25, 0.3) is 0 Å². The summed E-state index contributed by atoms with van der Waals surface area (Å²) in [5, 5.41) is 0. The normalized spacial score (nSPS) is 29.8. The van der Waals surface area contributed by atoms with Crippen LogP contribution in [0.2, 0.25) is 0 Å². The molecule has 2 heterocycles. The molecule has 2 aliphatic rings. The van der Waals surface area contributed by atoms with Crippen molar-refractivity contribution in [2.24, 2.45) is 0 Å². The molecule has 0 amide bonds. The van der Waals surface area contributed by atoms with E-state index < -0.39 is 6.29 Å². The molecule has 3 radical (unpaired) electrons. The minimum atomic E-state index is -0.536. The van der Waals surface area contributed by atoms with Gasteiger partial charge in [-0.05, 0) is 30.0 Å². The average Bonchev–Trinajstić information content (AvgIpc) is 3.16. The third kappa shape index (κ3) is 3.76. The van der Waals surface area contributed by atoms with E-state index in [9.17, 15) is 0 Å².